The van der Waals surface area contributed by atoms with E-state index in [-0.39, 0.29) is 0 Å². The van der Waals surface area contributed by atoms with Crippen LogP contribution < -0.4 is 19.1 Å². The van der Waals surface area contributed by atoms with Crippen LogP contribution in [0.15, 0.2) is 120 Å². The summed E-state index contributed by atoms with van der Waals surface area (Å²) in [6, 6.07) is 33.3. The summed E-state index contributed by atoms with van der Waals surface area (Å²) in [6.45, 7) is 3.63. The standard InChI is InChI=1S/C33H32N2O5S/c1-25-32(34-41(2,36)37)12-7-13-33(25)35(21-26-8-4-3-5-9-26)22-27-14-16-29(17-15-27)40-31-11-6-10-30(20-31)39-24-28-18-19-38-23-28/h3-20,23,34H,21-22,24H2,1-2H3. The molecule has 0 radical (unpaired) electrons. The number of nitrogens with zero attached hydrogens (tertiary/aromatic N) is 1. The Morgan fingerprint density at radius 3 is 2.17 bits per heavy atom. The highest BCUT2D eigenvalue weighted by Crippen LogP contribution is 2.31. The lowest BCUT2D eigenvalue weighted by Gasteiger charge is -2.28. The number of hydrogen-bond donors (Lipinski definition) is 1. The second-order valence-electron chi connectivity index (χ2n) is 9.81. The van der Waals surface area contributed by atoms with Gasteiger partial charge in [0.15, 0.2) is 0 Å². The molecule has 5 aromatic rings. The average molecular weight is 569 g/mol. The average Bonchev–Trinajstić information content (AvgIpc) is 3.48. The molecule has 41 heavy (non-hydrogen) atoms. The molecule has 0 atom stereocenters. The zero-order chi connectivity index (χ0) is 28.7. The predicted molar refractivity (Wildman–Crippen MR) is 162 cm³/mol. The van der Waals surface area contributed by atoms with Crippen molar-refractivity contribution in [2.24, 2.45) is 0 Å². The number of ether oxygens (including phenoxy) is 2. The van der Waals surface area contributed by atoms with Gasteiger partial charge in [0.1, 0.15) is 23.9 Å². The first kappa shape index (κ1) is 27.9. The zero-order valence-electron chi connectivity index (χ0n) is 23.0. The molecule has 0 spiro atoms. The molecule has 0 fully saturated rings. The van der Waals surface area contributed by atoms with Crippen LogP contribution in [0.3, 0.4) is 0 Å². The fourth-order valence-corrected chi connectivity index (χ4v) is 5.12. The first-order valence-electron chi connectivity index (χ1n) is 13.2. The summed E-state index contributed by atoms with van der Waals surface area (Å²) in [5.74, 6) is 2.10. The van der Waals surface area contributed by atoms with Crippen molar-refractivity contribution in [3.05, 3.63) is 138 Å². The quantitative estimate of drug-likeness (QED) is 0.167. The maximum Gasteiger partial charge on any atom is 0.229 e. The van der Waals surface area contributed by atoms with Crippen LogP contribution in [0.25, 0.3) is 0 Å². The number of anilines is 2. The third kappa shape index (κ3) is 7.93. The van der Waals surface area contributed by atoms with Gasteiger partial charge >= 0.3 is 0 Å². The Bertz CT molecular complexity index is 1670. The van der Waals surface area contributed by atoms with Gasteiger partial charge in [0.2, 0.25) is 10.0 Å². The lowest BCUT2D eigenvalue weighted by atomic mass is 10.1. The van der Waals surface area contributed by atoms with E-state index in [0.717, 1.165) is 34.2 Å². The molecule has 1 heterocycles. The van der Waals surface area contributed by atoms with E-state index in [2.05, 4.69) is 21.8 Å². The topological polar surface area (TPSA) is 81.0 Å². The highest BCUT2D eigenvalue weighted by Gasteiger charge is 2.15. The van der Waals surface area contributed by atoms with Crippen LogP contribution in [-0.2, 0) is 29.7 Å². The van der Waals surface area contributed by atoms with E-state index in [9.17, 15) is 8.42 Å². The molecule has 0 saturated heterocycles. The van der Waals surface area contributed by atoms with E-state index < -0.39 is 10.0 Å². The maximum absolute atomic E-state index is 11.9. The number of nitrogens with one attached hydrogen (secondary N) is 1. The molecule has 7 nitrogen and oxygen atoms in total. The van der Waals surface area contributed by atoms with Gasteiger partial charge in [0, 0.05) is 30.4 Å². The summed E-state index contributed by atoms with van der Waals surface area (Å²) in [7, 11) is -3.40. The van der Waals surface area contributed by atoms with Gasteiger partial charge in [0.25, 0.3) is 0 Å². The van der Waals surface area contributed by atoms with Crippen LogP contribution >= 0.6 is 0 Å². The molecule has 0 aliphatic heterocycles. The lowest BCUT2D eigenvalue weighted by Crippen LogP contribution is -2.23. The van der Waals surface area contributed by atoms with Crippen molar-refractivity contribution in [1.82, 2.24) is 0 Å². The Kier molecular flexibility index (Phi) is 8.60. The largest absolute Gasteiger partial charge is 0.489 e. The van der Waals surface area contributed by atoms with Crippen molar-refractivity contribution in [3.63, 3.8) is 0 Å². The van der Waals surface area contributed by atoms with E-state index in [1.165, 1.54) is 0 Å². The van der Waals surface area contributed by atoms with E-state index >= 15 is 0 Å². The van der Waals surface area contributed by atoms with Crippen molar-refractivity contribution in [3.8, 4) is 17.2 Å². The summed E-state index contributed by atoms with van der Waals surface area (Å²) in [6.07, 6.45) is 4.44. The number of hydrogen-bond acceptors (Lipinski definition) is 6. The van der Waals surface area contributed by atoms with Crippen LogP contribution in [0.1, 0.15) is 22.3 Å². The second-order valence-corrected chi connectivity index (χ2v) is 11.6. The SMILES string of the molecule is Cc1c(NS(C)(=O)=O)cccc1N(Cc1ccccc1)Cc1ccc(Oc2cccc(OCc3ccoc3)c2)cc1. The molecule has 1 aromatic heterocycles. The van der Waals surface area contributed by atoms with Gasteiger partial charge in [-0.2, -0.15) is 0 Å². The minimum Gasteiger partial charge on any atom is -0.489 e. The molecular formula is C33H32N2O5S. The van der Waals surface area contributed by atoms with Crippen molar-refractivity contribution in [2.75, 3.05) is 15.9 Å². The molecule has 0 aliphatic carbocycles. The summed E-state index contributed by atoms with van der Waals surface area (Å²) < 4.78 is 43.5. The van der Waals surface area contributed by atoms with Crippen LogP contribution in [0.5, 0.6) is 17.2 Å². The predicted octanol–water partition coefficient (Wildman–Crippen LogP) is 7.54. The van der Waals surface area contributed by atoms with Gasteiger partial charge in [-0.05, 0) is 66.1 Å². The molecule has 0 aliphatic rings. The Labute approximate surface area is 241 Å². The highest BCUT2D eigenvalue weighted by atomic mass is 32.2. The van der Waals surface area contributed by atoms with Crippen LogP contribution in [-0.4, -0.2) is 14.7 Å². The summed E-state index contributed by atoms with van der Waals surface area (Å²) in [5.41, 5.74) is 5.60. The van der Waals surface area contributed by atoms with E-state index in [1.54, 1.807) is 18.6 Å². The van der Waals surface area contributed by atoms with Gasteiger partial charge in [-0.1, -0.05) is 54.6 Å². The zero-order valence-corrected chi connectivity index (χ0v) is 23.8. The minimum absolute atomic E-state index is 0.417. The minimum atomic E-state index is -3.40. The fourth-order valence-electron chi connectivity index (χ4n) is 4.49. The van der Waals surface area contributed by atoms with Crippen molar-refractivity contribution in [2.45, 2.75) is 26.6 Å². The van der Waals surface area contributed by atoms with Gasteiger partial charge in [-0.25, -0.2) is 8.42 Å². The van der Waals surface area contributed by atoms with Crippen molar-refractivity contribution < 1.29 is 22.3 Å². The fraction of sp³-hybridized carbons (Fsp3) is 0.152. The number of furan rings is 1. The monoisotopic (exact) mass is 568 g/mol. The Hall–Kier alpha value is -4.69. The number of benzene rings is 4. The Morgan fingerprint density at radius 1 is 0.756 bits per heavy atom. The van der Waals surface area contributed by atoms with Crippen molar-refractivity contribution >= 4 is 21.4 Å². The van der Waals surface area contributed by atoms with E-state index in [4.69, 9.17) is 13.9 Å². The molecule has 0 amide bonds. The third-order valence-corrected chi connectivity index (χ3v) is 7.07. The van der Waals surface area contributed by atoms with Gasteiger partial charge in [-0.3, -0.25) is 4.72 Å². The lowest BCUT2D eigenvalue weighted by molar-refractivity contribution is 0.303. The number of rotatable bonds is 12. The first-order chi connectivity index (χ1) is 19.8. The highest BCUT2D eigenvalue weighted by molar-refractivity contribution is 7.92. The molecule has 5 rings (SSSR count). The molecule has 8 heteroatoms. The molecule has 0 bridgehead atoms. The van der Waals surface area contributed by atoms with Crippen LogP contribution in [0, 0.1) is 6.92 Å². The molecule has 4 aromatic carbocycles. The summed E-state index contributed by atoms with van der Waals surface area (Å²) in [4.78, 5) is 2.24. The third-order valence-electron chi connectivity index (χ3n) is 6.48. The summed E-state index contributed by atoms with van der Waals surface area (Å²) >= 11 is 0. The van der Waals surface area contributed by atoms with E-state index in [1.807, 2.05) is 91.9 Å². The first-order valence-corrected chi connectivity index (χ1v) is 15.1. The molecule has 1 N–H and O–H groups in total. The molecular weight excluding hydrogens is 536 g/mol. The maximum atomic E-state index is 11.9. The number of sulfonamides is 1. The van der Waals surface area contributed by atoms with Crippen LogP contribution in [0.4, 0.5) is 11.4 Å². The normalized spacial score (nSPS) is 11.2. The molecule has 0 unspecified atom stereocenters. The van der Waals surface area contributed by atoms with Gasteiger partial charge in [-0.15, -0.1) is 0 Å². The molecule has 210 valence electrons. The second kappa shape index (κ2) is 12.7. The summed E-state index contributed by atoms with van der Waals surface area (Å²) in [5, 5.41) is 0. The van der Waals surface area contributed by atoms with E-state index in [0.29, 0.717) is 42.6 Å². The Morgan fingerprint density at radius 2 is 1.46 bits per heavy atom. The van der Waals surface area contributed by atoms with Crippen LogP contribution in [0.2, 0.25) is 0 Å². The van der Waals surface area contributed by atoms with Crippen molar-refractivity contribution in [1.29, 1.82) is 0 Å². The van der Waals surface area contributed by atoms with Gasteiger partial charge in [0.05, 0.1) is 24.5 Å². The Balaban J connectivity index is 1.32. The molecule has 0 saturated carbocycles. The smallest absolute Gasteiger partial charge is 0.229 e. The van der Waals surface area contributed by atoms with Gasteiger partial charge < -0.3 is 18.8 Å².